The Kier molecular flexibility index (Phi) is 6.30. The summed E-state index contributed by atoms with van der Waals surface area (Å²) in [5, 5.41) is 11.7. The van der Waals surface area contributed by atoms with Crippen molar-refractivity contribution in [1.82, 2.24) is 0 Å². The number of carboxylic acids is 1. The molecule has 0 radical (unpaired) electrons. The van der Waals surface area contributed by atoms with Crippen LogP contribution in [0.5, 0.6) is 11.5 Å². The first-order chi connectivity index (χ1) is 13.0. The molecule has 0 unspecified atom stereocenters. The van der Waals surface area contributed by atoms with Crippen LogP contribution >= 0.6 is 0 Å². The molecule has 0 heterocycles. The molecule has 2 aromatic rings. The molecule has 0 bridgehead atoms. The Labute approximate surface area is 163 Å². The molecular weight excluding hydrogens is 386 g/mol. The number of nitrogens with one attached hydrogen (secondary N) is 1. The zero-order valence-electron chi connectivity index (χ0n) is 15.8. The molecular formula is C19H21NO7S. The zero-order valence-corrected chi connectivity index (χ0v) is 16.7. The summed E-state index contributed by atoms with van der Waals surface area (Å²) >= 11 is 0. The Morgan fingerprint density at radius 3 is 2.25 bits per heavy atom. The van der Waals surface area contributed by atoms with Gasteiger partial charge >= 0.3 is 5.97 Å². The number of benzene rings is 2. The Balaban J connectivity index is 2.37. The van der Waals surface area contributed by atoms with E-state index >= 15 is 0 Å². The molecule has 1 amide bonds. The predicted molar refractivity (Wildman–Crippen MR) is 103 cm³/mol. The molecule has 2 N–H and O–H groups in total. The lowest BCUT2D eigenvalue weighted by Gasteiger charge is -2.14. The number of ether oxygens (including phenoxy) is 2. The molecule has 9 heteroatoms. The minimum Gasteiger partial charge on any atom is -0.493 e. The van der Waals surface area contributed by atoms with E-state index in [1.807, 2.05) is 13.8 Å². The molecule has 8 nitrogen and oxygen atoms in total. The fourth-order valence-corrected chi connectivity index (χ4v) is 3.05. The molecule has 0 aliphatic heterocycles. The fraction of sp³-hybridized carbons (Fsp3) is 0.263. The van der Waals surface area contributed by atoms with Crippen LogP contribution < -0.4 is 14.8 Å². The van der Waals surface area contributed by atoms with Gasteiger partial charge in [-0.3, -0.25) is 4.79 Å². The lowest BCUT2D eigenvalue weighted by Crippen LogP contribution is -2.14. The number of sulfone groups is 1. The summed E-state index contributed by atoms with van der Waals surface area (Å²) in [7, 11) is -2.22. The third-order valence-electron chi connectivity index (χ3n) is 3.63. The average molecular weight is 407 g/mol. The first-order valence-corrected chi connectivity index (χ1v) is 10.1. The van der Waals surface area contributed by atoms with Crippen LogP contribution in [0.25, 0.3) is 0 Å². The zero-order chi connectivity index (χ0) is 21.1. The van der Waals surface area contributed by atoms with E-state index in [1.165, 1.54) is 31.4 Å². The third kappa shape index (κ3) is 5.23. The summed E-state index contributed by atoms with van der Waals surface area (Å²) in [6.45, 7) is 3.71. The van der Waals surface area contributed by atoms with Gasteiger partial charge in [0.15, 0.2) is 21.3 Å². The van der Waals surface area contributed by atoms with Crippen molar-refractivity contribution in [2.24, 2.45) is 0 Å². The smallest absolute Gasteiger partial charge is 0.335 e. The van der Waals surface area contributed by atoms with E-state index in [0.717, 1.165) is 12.3 Å². The summed E-state index contributed by atoms with van der Waals surface area (Å²) in [4.78, 5) is 23.6. The highest BCUT2D eigenvalue weighted by Gasteiger charge is 2.17. The number of amides is 1. The molecule has 2 aromatic carbocycles. The van der Waals surface area contributed by atoms with E-state index in [2.05, 4.69) is 5.32 Å². The second-order valence-electron chi connectivity index (χ2n) is 6.31. The van der Waals surface area contributed by atoms with Gasteiger partial charge in [0, 0.05) is 17.5 Å². The van der Waals surface area contributed by atoms with Crippen molar-refractivity contribution in [1.29, 1.82) is 0 Å². The molecule has 0 aliphatic carbocycles. The molecule has 150 valence electrons. The van der Waals surface area contributed by atoms with Crippen LogP contribution in [0, 0.1) is 0 Å². The first kappa shape index (κ1) is 21.2. The van der Waals surface area contributed by atoms with Crippen molar-refractivity contribution in [2.75, 3.05) is 18.7 Å². The van der Waals surface area contributed by atoms with Gasteiger partial charge in [-0.15, -0.1) is 0 Å². The van der Waals surface area contributed by atoms with E-state index in [4.69, 9.17) is 9.47 Å². The van der Waals surface area contributed by atoms with E-state index < -0.39 is 21.7 Å². The van der Waals surface area contributed by atoms with Crippen molar-refractivity contribution >= 4 is 27.4 Å². The number of aromatic carboxylic acids is 1. The summed E-state index contributed by atoms with van der Waals surface area (Å²) < 4.78 is 34.4. The van der Waals surface area contributed by atoms with Gasteiger partial charge in [0.25, 0.3) is 5.91 Å². The molecule has 2 rings (SSSR count). The maximum Gasteiger partial charge on any atom is 0.335 e. The normalized spacial score (nSPS) is 11.2. The van der Waals surface area contributed by atoms with Gasteiger partial charge in [0.05, 0.1) is 23.7 Å². The quantitative estimate of drug-likeness (QED) is 0.724. The van der Waals surface area contributed by atoms with E-state index in [0.29, 0.717) is 11.5 Å². The molecule has 0 aromatic heterocycles. The van der Waals surface area contributed by atoms with Gasteiger partial charge in [-0.1, -0.05) is 0 Å². The summed E-state index contributed by atoms with van der Waals surface area (Å²) in [6, 6.07) is 8.01. The van der Waals surface area contributed by atoms with Gasteiger partial charge < -0.3 is 19.9 Å². The van der Waals surface area contributed by atoms with Crippen LogP contribution in [0.2, 0.25) is 0 Å². The number of methoxy groups -OCH3 is 1. The molecule has 0 fully saturated rings. The van der Waals surface area contributed by atoms with E-state index in [1.54, 1.807) is 6.07 Å². The molecule has 0 spiro atoms. The summed E-state index contributed by atoms with van der Waals surface area (Å²) in [5.41, 5.74) is 0.0258. The molecule has 0 aliphatic rings. The maximum atomic E-state index is 12.6. The Morgan fingerprint density at radius 2 is 1.71 bits per heavy atom. The lowest BCUT2D eigenvalue weighted by molar-refractivity contribution is 0.0696. The largest absolute Gasteiger partial charge is 0.493 e. The number of hydrogen-bond donors (Lipinski definition) is 2. The minimum absolute atomic E-state index is 0.0480. The van der Waals surface area contributed by atoms with Crippen molar-refractivity contribution in [3.8, 4) is 11.5 Å². The topological polar surface area (TPSA) is 119 Å². The minimum atomic E-state index is -3.66. The molecule has 0 saturated carbocycles. The Bertz CT molecular complexity index is 1010. The highest BCUT2D eigenvalue weighted by atomic mass is 32.2. The van der Waals surface area contributed by atoms with Crippen LogP contribution in [0.3, 0.4) is 0 Å². The van der Waals surface area contributed by atoms with Crippen LogP contribution in [-0.2, 0) is 9.84 Å². The highest BCUT2D eigenvalue weighted by molar-refractivity contribution is 7.90. The number of carboxylic acid groups (broad SMARTS) is 1. The summed E-state index contributed by atoms with van der Waals surface area (Å²) in [5.74, 6) is -1.03. The van der Waals surface area contributed by atoms with Crippen molar-refractivity contribution in [2.45, 2.75) is 24.8 Å². The maximum absolute atomic E-state index is 12.6. The van der Waals surface area contributed by atoms with Crippen LogP contribution in [0.15, 0.2) is 41.3 Å². The summed E-state index contributed by atoms with van der Waals surface area (Å²) in [6.07, 6.45) is 0.875. The third-order valence-corrected chi connectivity index (χ3v) is 4.72. The molecule has 28 heavy (non-hydrogen) atoms. The van der Waals surface area contributed by atoms with Gasteiger partial charge in [-0.25, -0.2) is 13.2 Å². The van der Waals surface area contributed by atoms with Crippen molar-refractivity contribution < 1.29 is 32.6 Å². The standard InChI is InChI=1S/C19H21NO7S/c1-11(2)27-16-6-5-12(9-17(16)26-3)18(21)20-14-7-13(19(22)23)8-15(10-14)28(4,24)25/h5-11H,1-4H3,(H,20,21)(H,22,23). The second-order valence-corrected chi connectivity index (χ2v) is 8.33. The molecule has 0 saturated heterocycles. The molecule has 0 atom stereocenters. The number of anilines is 1. The Morgan fingerprint density at radius 1 is 1.04 bits per heavy atom. The highest BCUT2D eigenvalue weighted by Crippen LogP contribution is 2.29. The monoisotopic (exact) mass is 407 g/mol. The van der Waals surface area contributed by atoms with Crippen molar-refractivity contribution in [3.05, 3.63) is 47.5 Å². The number of rotatable bonds is 7. The van der Waals surface area contributed by atoms with Gasteiger partial charge in [-0.2, -0.15) is 0 Å². The van der Waals surface area contributed by atoms with Gasteiger partial charge in [-0.05, 0) is 50.2 Å². The second kappa shape index (κ2) is 8.30. The number of carbonyl (C=O) groups is 2. The average Bonchev–Trinajstić information content (AvgIpc) is 2.60. The number of hydrogen-bond acceptors (Lipinski definition) is 6. The first-order valence-electron chi connectivity index (χ1n) is 8.25. The van der Waals surface area contributed by atoms with Gasteiger partial charge in [0.2, 0.25) is 0 Å². The Hall–Kier alpha value is -3.07. The fourth-order valence-electron chi connectivity index (χ4n) is 2.37. The van der Waals surface area contributed by atoms with Crippen LogP contribution in [-0.4, -0.2) is 44.9 Å². The predicted octanol–water partition coefficient (Wildman–Crippen LogP) is 2.84. The SMILES string of the molecule is COc1cc(C(=O)Nc2cc(C(=O)O)cc(S(C)(=O)=O)c2)ccc1OC(C)C. The van der Waals surface area contributed by atoms with Crippen molar-refractivity contribution in [3.63, 3.8) is 0 Å². The van der Waals surface area contributed by atoms with Crippen LogP contribution in [0.1, 0.15) is 34.6 Å². The van der Waals surface area contributed by atoms with Crippen LogP contribution in [0.4, 0.5) is 5.69 Å². The van der Waals surface area contributed by atoms with E-state index in [-0.39, 0.29) is 27.8 Å². The van der Waals surface area contributed by atoms with E-state index in [9.17, 15) is 23.1 Å². The van der Waals surface area contributed by atoms with Gasteiger partial charge in [0.1, 0.15) is 0 Å². The number of carbonyl (C=O) groups excluding carboxylic acids is 1. The lowest BCUT2D eigenvalue weighted by atomic mass is 10.1.